The number of hydrogen-bond acceptors (Lipinski definition) is 3. The Balaban J connectivity index is 2.50. The van der Waals surface area contributed by atoms with Crippen molar-refractivity contribution in [2.45, 2.75) is 19.9 Å². The van der Waals surface area contributed by atoms with Crippen molar-refractivity contribution < 1.29 is 9.53 Å². The van der Waals surface area contributed by atoms with Crippen LogP contribution in [0, 0.1) is 6.92 Å². The van der Waals surface area contributed by atoms with Crippen LogP contribution in [-0.2, 0) is 9.53 Å². The molecule has 0 radical (unpaired) electrons. The first-order valence-electron chi connectivity index (χ1n) is 4.93. The molecule has 1 amide bonds. The number of nitrogens with zero attached hydrogens (tertiary/aromatic N) is 2. The van der Waals surface area contributed by atoms with Gasteiger partial charge in [0.05, 0.1) is 6.61 Å². The first kappa shape index (κ1) is 11.7. The number of imidazole rings is 1. The molecule has 84 valence electrons. The van der Waals surface area contributed by atoms with Gasteiger partial charge in [-0.2, -0.15) is 0 Å². The van der Waals surface area contributed by atoms with Crippen molar-refractivity contribution in [1.29, 1.82) is 0 Å². The first-order chi connectivity index (χ1) is 7.16. The average molecular weight is 211 g/mol. The van der Waals surface area contributed by atoms with Crippen LogP contribution < -0.4 is 5.32 Å². The van der Waals surface area contributed by atoms with Gasteiger partial charge in [0.2, 0.25) is 5.91 Å². The number of methoxy groups -OCH3 is 1. The van der Waals surface area contributed by atoms with Gasteiger partial charge < -0.3 is 14.6 Å². The third kappa shape index (κ3) is 3.06. The average Bonchev–Trinajstić information content (AvgIpc) is 2.63. The molecule has 1 aromatic rings. The number of carbonyl (C=O) groups excluding carboxylic acids is 1. The minimum absolute atomic E-state index is 0.0202. The Morgan fingerprint density at radius 1 is 1.73 bits per heavy atom. The second-order valence-corrected chi connectivity index (χ2v) is 3.34. The van der Waals surface area contributed by atoms with Crippen molar-refractivity contribution >= 4 is 5.91 Å². The molecular formula is C10H17N3O2. The van der Waals surface area contributed by atoms with E-state index in [2.05, 4.69) is 10.3 Å². The fourth-order valence-corrected chi connectivity index (χ4v) is 1.35. The number of amides is 1. The number of ether oxygens (including phenoxy) is 1. The molecule has 0 bridgehead atoms. The molecular weight excluding hydrogens is 194 g/mol. The van der Waals surface area contributed by atoms with Crippen molar-refractivity contribution in [2.75, 3.05) is 20.3 Å². The second kappa shape index (κ2) is 5.50. The van der Waals surface area contributed by atoms with Crippen molar-refractivity contribution in [3.05, 3.63) is 18.2 Å². The highest BCUT2D eigenvalue weighted by Crippen LogP contribution is 2.07. The van der Waals surface area contributed by atoms with Crippen molar-refractivity contribution in [3.63, 3.8) is 0 Å². The van der Waals surface area contributed by atoms with Crippen LogP contribution in [0.1, 0.15) is 18.8 Å². The predicted molar refractivity (Wildman–Crippen MR) is 56.6 cm³/mol. The molecule has 0 saturated heterocycles. The third-order valence-electron chi connectivity index (χ3n) is 2.26. The maximum Gasteiger partial charge on any atom is 0.242 e. The molecule has 0 spiro atoms. The van der Waals surface area contributed by atoms with E-state index in [9.17, 15) is 4.79 Å². The quantitative estimate of drug-likeness (QED) is 0.722. The summed E-state index contributed by atoms with van der Waals surface area (Å²) in [5.74, 6) is 0.817. The number of aromatic nitrogens is 2. The SMILES string of the molecule is COCCNC(=O)C(C)n1ccnc1C. The standard InChI is InChI=1S/C10H17N3O2/c1-8(10(14)12-5-7-15-3)13-6-4-11-9(13)2/h4,6,8H,5,7H2,1-3H3,(H,12,14). The van der Waals surface area contributed by atoms with Gasteiger partial charge in [-0.1, -0.05) is 0 Å². The van der Waals surface area contributed by atoms with Gasteiger partial charge in [-0.25, -0.2) is 4.98 Å². The summed E-state index contributed by atoms with van der Waals surface area (Å²) in [6.07, 6.45) is 3.49. The Hall–Kier alpha value is -1.36. The van der Waals surface area contributed by atoms with Crippen LogP contribution in [0.15, 0.2) is 12.4 Å². The van der Waals surface area contributed by atoms with E-state index in [1.165, 1.54) is 0 Å². The van der Waals surface area contributed by atoms with E-state index in [1.54, 1.807) is 19.5 Å². The van der Waals surface area contributed by atoms with E-state index in [0.29, 0.717) is 13.2 Å². The summed E-state index contributed by atoms with van der Waals surface area (Å²) in [7, 11) is 1.61. The van der Waals surface area contributed by atoms with Gasteiger partial charge in [0.15, 0.2) is 0 Å². The maximum absolute atomic E-state index is 11.7. The van der Waals surface area contributed by atoms with Crippen LogP contribution >= 0.6 is 0 Å². The monoisotopic (exact) mass is 211 g/mol. The lowest BCUT2D eigenvalue weighted by Crippen LogP contribution is -2.33. The molecule has 5 nitrogen and oxygen atoms in total. The molecule has 5 heteroatoms. The summed E-state index contributed by atoms with van der Waals surface area (Å²) in [5.41, 5.74) is 0. The van der Waals surface area contributed by atoms with E-state index in [0.717, 1.165) is 5.82 Å². The highest BCUT2D eigenvalue weighted by Gasteiger charge is 2.15. The number of hydrogen-bond donors (Lipinski definition) is 1. The molecule has 0 aliphatic carbocycles. The fourth-order valence-electron chi connectivity index (χ4n) is 1.35. The lowest BCUT2D eigenvalue weighted by Gasteiger charge is -2.14. The van der Waals surface area contributed by atoms with Gasteiger partial charge in [-0.15, -0.1) is 0 Å². The predicted octanol–water partition coefficient (Wildman–Crippen LogP) is 0.515. The highest BCUT2D eigenvalue weighted by molar-refractivity contribution is 5.79. The largest absolute Gasteiger partial charge is 0.383 e. The minimum atomic E-state index is -0.232. The topological polar surface area (TPSA) is 56.1 Å². The second-order valence-electron chi connectivity index (χ2n) is 3.34. The summed E-state index contributed by atoms with van der Waals surface area (Å²) >= 11 is 0. The molecule has 0 aliphatic heterocycles. The normalized spacial score (nSPS) is 12.5. The Morgan fingerprint density at radius 2 is 2.47 bits per heavy atom. The van der Waals surface area contributed by atoms with Crippen molar-refractivity contribution in [3.8, 4) is 0 Å². The van der Waals surface area contributed by atoms with E-state index >= 15 is 0 Å². The van der Waals surface area contributed by atoms with E-state index in [1.807, 2.05) is 18.4 Å². The first-order valence-corrected chi connectivity index (χ1v) is 4.93. The molecule has 1 heterocycles. The molecule has 15 heavy (non-hydrogen) atoms. The van der Waals surface area contributed by atoms with Gasteiger partial charge in [-0.05, 0) is 13.8 Å². The van der Waals surface area contributed by atoms with Crippen LogP contribution in [0.3, 0.4) is 0 Å². The van der Waals surface area contributed by atoms with Crippen LogP contribution in [0.5, 0.6) is 0 Å². The van der Waals surface area contributed by atoms with Crippen molar-refractivity contribution in [1.82, 2.24) is 14.9 Å². The highest BCUT2D eigenvalue weighted by atomic mass is 16.5. The molecule has 1 N–H and O–H groups in total. The van der Waals surface area contributed by atoms with Gasteiger partial charge >= 0.3 is 0 Å². The molecule has 0 fully saturated rings. The molecule has 1 aromatic heterocycles. The molecule has 0 saturated carbocycles. The Kier molecular flexibility index (Phi) is 4.30. The summed E-state index contributed by atoms with van der Waals surface area (Å²) in [6, 6.07) is -0.232. The van der Waals surface area contributed by atoms with Crippen LogP contribution in [0.25, 0.3) is 0 Å². The van der Waals surface area contributed by atoms with Gasteiger partial charge in [0.25, 0.3) is 0 Å². The van der Waals surface area contributed by atoms with Gasteiger partial charge in [-0.3, -0.25) is 4.79 Å². The Bertz CT molecular complexity index is 322. The number of nitrogens with one attached hydrogen (secondary N) is 1. The fraction of sp³-hybridized carbons (Fsp3) is 0.600. The zero-order valence-electron chi connectivity index (χ0n) is 9.36. The molecule has 1 unspecified atom stereocenters. The summed E-state index contributed by atoms with van der Waals surface area (Å²) in [4.78, 5) is 15.7. The van der Waals surface area contributed by atoms with E-state index in [4.69, 9.17) is 4.74 Å². The summed E-state index contributed by atoms with van der Waals surface area (Å²) in [6.45, 7) is 4.78. The molecule has 0 aromatic carbocycles. The van der Waals surface area contributed by atoms with Gasteiger partial charge in [0, 0.05) is 26.0 Å². The number of rotatable bonds is 5. The van der Waals surface area contributed by atoms with E-state index in [-0.39, 0.29) is 11.9 Å². The zero-order chi connectivity index (χ0) is 11.3. The van der Waals surface area contributed by atoms with Gasteiger partial charge in [0.1, 0.15) is 11.9 Å². The van der Waals surface area contributed by atoms with Crippen molar-refractivity contribution in [2.24, 2.45) is 0 Å². The third-order valence-corrected chi connectivity index (χ3v) is 2.26. The molecule has 1 rings (SSSR count). The lowest BCUT2D eigenvalue weighted by atomic mass is 10.3. The lowest BCUT2D eigenvalue weighted by molar-refractivity contribution is -0.124. The summed E-state index contributed by atoms with van der Waals surface area (Å²) < 4.78 is 6.69. The number of carbonyl (C=O) groups is 1. The maximum atomic E-state index is 11.7. The molecule has 0 aliphatic rings. The van der Waals surface area contributed by atoms with E-state index < -0.39 is 0 Å². The Morgan fingerprint density at radius 3 is 3.00 bits per heavy atom. The Labute approximate surface area is 89.4 Å². The van der Waals surface area contributed by atoms with Crippen LogP contribution in [0.4, 0.5) is 0 Å². The smallest absolute Gasteiger partial charge is 0.242 e. The van der Waals surface area contributed by atoms with Crippen LogP contribution in [0.2, 0.25) is 0 Å². The minimum Gasteiger partial charge on any atom is -0.383 e. The molecule has 1 atom stereocenters. The zero-order valence-corrected chi connectivity index (χ0v) is 9.36. The number of aryl methyl sites for hydroxylation is 1. The summed E-state index contributed by atoms with van der Waals surface area (Å²) in [5, 5.41) is 2.79. The van der Waals surface area contributed by atoms with Crippen LogP contribution in [-0.4, -0.2) is 35.7 Å².